The number of nitrogens with zero attached hydrogens (tertiary/aromatic N) is 1. The minimum atomic E-state index is -0.500. The molecule has 0 amide bonds. The third kappa shape index (κ3) is 4.97. The normalized spacial score (nSPS) is 8.77. The van der Waals surface area contributed by atoms with E-state index in [2.05, 4.69) is 4.98 Å². The zero-order valence-corrected chi connectivity index (χ0v) is 7.56. The Morgan fingerprint density at radius 2 is 2.38 bits per heavy atom. The second-order valence-corrected chi connectivity index (χ2v) is 2.44. The van der Waals surface area contributed by atoms with E-state index < -0.39 is 6.47 Å². The van der Waals surface area contributed by atoms with Crippen molar-refractivity contribution in [3.63, 3.8) is 0 Å². The summed E-state index contributed by atoms with van der Waals surface area (Å²) in [6, 6.07) is 0. The number of H-pyrrole nitrogens is 1. The molecule has 0 unspecified atom stereocenters. The highest BCUT2D eigenvalue weighted by molar-refractivity contribution is 5.29. The van der Waals surface area contributed by atoms with Crippen molar-refractivity contribution in [2.24, 2.45) is 7.05 Å². The fourth-order valence-electron chi connectivity index (χ4n) is 0.932. The van der Waals surface area contributed by atoms with E-state index in [0.29, 0.717) is 0 Å². The molecule has 5 nitrogen and oxygen atoms in total. The number of aliphatic hydroxyl groups is 1. The van der Waals surface area contributed by atoms with Crippen LogP contribution in [0.3, 0.4) is 0 Å². The van der Waals surface area contributed by atoms with E-state index in [1.54, 1.807) is 0 Å². The number of carboxylic acid groups (broad SMARTS) is 1. The van der Waals surface area contributed by atoms with Gasteiger partial charge in [-0.25, -0.2) is 9.55 Å². The first-order chi connectivity index (χ1) is 6.26. The molecule has 0 aliphatic rings. The van der Waals surface area contributed by atoms with Gasteiger partial charge in [0.05, 0.1) is 13.5 Å². The molecule has 0 saturated heterocycles. The number of aromatic nitrogens is 2. The second-order valence-electron chi connectivity index (χ2n) is 2.44. The maximum absolute atomic E-state index is 8.53. The summed E-state index contributed by atoms with van der Waals surface area (Å²) in [4.78, 5) is 11.3. The number of aliphatic hydroxyl groups excluding tert-OH is 1. The van der Waals surface area contributed by atoms with Crippen LogP contribution >= 0.6 is 0 Å². The van der Waals surface area contributed by atoms with Crippen LogP contribution < -0.4 is 9.67 Å². The SMILES string of the molecule is C[n+]1cc[nH]c1CCCO.O=C[O-]. The van der Waals surface area contributed by atoms with E-state index in [1.807, 2.05) is 24.0 Å². The van der Waals surface area contributed by atoms with E-state index in [-0.39, 0.29) is 6.61 Å². The molecule has 0 spiro atoms. The summed E-state index contributed by atoms with van der Waals surface area (Å²) in [5.74, 6) is 1.16. The number of carbonyl (C=O) groups excluding carboxylic acids is 1. The first-order valence-corrected chi connectivity index (χ1v) is 3.94. The highest BCUT2D eigenvalue weighted by atomic mass is 16.3. The molecule has 0 atom stereocenters. The minimum absolute atomic E-state index is 0.263. The summed E-state index contributed by atoms with van der Waals surface area (Å²) in [6.45, 7) is -0.237. The molecule has 1 aromatic heterocycles. The number of aromatic amines is 1. The molecule has 5 heteroatoms. The maximum atomic E-state index is 8.53. The van der Waals surface area contributed by atoms with E-state index in [9.17, 15) is 0 Å². The molecular formula is C8H14N2O3. The molecule has 0 saturated carbocycles. The molecule has 0 radical (unpaired) electrons. The second kappa shape index (κ2) is 7.30. The van der Waals surface area contributed by atoms with Crippen molar-refractivity contribution in [1.29, 1.82) is 0 Å². The van der Waals surface area contributed by atoms with Gasteiger partial charge in [-0.3, -0.25) is 0 Å². The Morgan fingerprint density at radius 1 is 1.77 bits per heavy atom. The largest absolute Gasteiger partial charge is 0.554 e. The Hall–Kier alpha value is -1.36. The average molecular weight is 186 g/mol. The monoisotopic (exact) mass is 186 g/mol. The summed E-state index contributed by atoms with van der Waals surface area (Å²) < 4.78 is 2.02. The van der Waals surface area contributed by atoms with Gasteiger partial charge in [0.15, 0.2) is 0 Å². The lowest BCUT2D eigenvalue weighted by Gasteiger charge is -1.90. The predicted octanol–water partition coefficient (Wildman–Crippen LogP) is -1.87. The lowest BCUT2D eigenvalue weighted by molar-refractivity contribution is -0.677. The van der Waals surface area contributed by atoms with E-state index >= 15 is 0 Å². The topological polar surface area (TPSA) is 80.0 Å². The molecule has 0 fully saturated rings. The van der Waals surface area contributed by atoms with Gasteiger partial charge in [-0.05, 0) is 6.42 Å². The van der Waals surface area contributed by atoms with Crippen LogP contribution in [0, 0.1) is 0 Å². The van der Waals surface area contributed by atoms with Gasteiger partial charge in [0, 0.05) is 13.1 Å². The highest BCUT2D eigenvalue weighted by Gasteiger charge is 2.03. The zero-order valence-electron chi connectivity index (χ0n) is 7.56. The van der Waals surface area contributed by atoms with E-state index in [0.717, 1.165) is 18.7 Å². The van der Waals surface area contributed by atoms with Crippen LogP contribution in [0.4, 0.5) is 0 Å². The highest BCUT2D eigenvalue weighted by Crippen LogP contribution is 1.90. The summed E-state index contributed by atoms with van der Waals surface area (Å²) in [7, 11) is 1.99. The smallest absolute Gasteiger partial charge is 0.254 e. The van der Waals surface area contributed by atoms with Gasteiger partial charge in [-0.2, -0.15) is 0 Å². The molecular weight excluding hydrogens is 172 g/mol. The molecule has 1 rings (SSSR count). The lowest BCUT2D eigenvalue weighted by Crippen LogP contribution is -2.30. The number of hydrogen-bond donors (Lipinski definition) is 2. The third-order valence-corrected chi connectivity index (χ3v) is 1.55. The van der Waals surface area contributed by atoms with Crippen molar-refractivity contribution in [2.45, 2.75) is 12.8 Å². The van der Waals surface area contributed by atoms with Crippen molar-refractivity contribution in [1.82, 2.24) is 4.98 Å². The fourth-order valence-corrected chi connectivity index (χ4v) is 0.932. The van der Waals surface area contributed by atoms with Gasteiger partial charge in [0.1, 0.15) is 12.4 Å². The van der Waals surface area contributed by atoms with Crippen LogP contribution in [0.15, 0.2) is 12.4 Å². The van der Waals surface area contributed by atoms with Crippen LogP contribution in [-0.2, 0) is 18.3 Å². The van der Waals surface area contributed by atoms with Crippen molar-refractivity contribution in [3.05, 3.63) is 18.2 Å². The van der Waals surface area contributed by atoms with Gasteiger partial charge in [0.25, 0.3) is 5.82 Å². The molecule has 0 aromatic carbocycles. The molecule has 0 bridgehead atoms. The van der Waals surface area contributed by atoms with Gasteiger partial charge < -0.3 is 15.0 Å². The molecule has 13 heavy (non-hydrogen) atoms. The Bertz CT molecular complexity index is 235. The van der Waals surface area contributed by atoms with Crippen molar-refractivity contribution in [2.75, 3.05) is 6.61 Å². The number of imidazole rings is 1. The Morgan fingerprint density at radius 3 is 2.77 bits per heavy atom. The summed E-state index contributed by atoms with van der Waals surface area (Å²) >= 11 is 0. The summed E-state index contributed by atoms with van der Waals surface area (Å²) in [5.41, 5.74) is 0. The number of rotatable bonds is 3. The quantitative estimate of drug-likeness (QED) is 0.428. The van der Waals surface area contributed by atoms with Crippen molar-refractivity contribution >= 4 is 6.47 Å². The molecule has 0 aliphatic carbocycles. The lowest BCUT2D eigenvalue weighted by atomic mass is 10.3. The van der Waals surface area contributed by atoms with Crippen molar-refractivity contribution < 1.29 is 19.6 Å². The average Bonchev–Trinajstić information content (AvgIpc) is 2.49. The Labute approximate surface area is 76.7 Å². The third-order valence-electron chi connectivity index (χ3n) is 1.55. The van der Waals surface area contributed by atoms with E-state index in [4.69, 9.17) is 15.0 Å². The van der Waals surface area contributed by atoms with Gasteiger partial charge >= 0.3 is 0 Å². The van der Waals surface area contributed by atoms with Crippen LogP contribution in [0.5, 0.6) is 0 Å². The van der Waals surface area contributed by atoms with Gasteiger partial charge in [-0.15, -0.1) is 0 Å². The number of carbonyl (C=O) groups is 1. The van der Waals surface area contributed by atoms with Gasteiger partial charge in [-0.1, -0.05) is 0 Å². The van der Waals surface area contributed by atoms with E-state index in [1.165, 1.54) is 0 Å². The molecule has 0 aliphatic heterocycles. The number of nitrogens with one attached hydrogen (secondary N) is 1. The fraction of sp³-hybridized carbons (Fsp3) is 0.500. The molecule has 2 N–H and O–H groups in total. The van der Waals surface area contributed by atoms with Gasteiger partial charge in [0.2, 0.25) is 0 Å². The van der Waals surface area contributed by atoms with Crippen molar-refractivity contribution in [3.8, 4) is 0 Å². The minimum Gasteiger partial charge on any atom is -0.554 e. The van der Waals surface area contributed by atoms with Crippen LogP contribution in [0.25, 0.3) is 0 Å². The maximum Gasteiger partial charge on any atom is 0.254 e. The summed E-state index contributed by atoms with van der Waals surface area (Å²) in [6.07, 6.45) is 5.60. The predicted molar refractivity (Wildman–Crippen MR) is 43.4 cm³/mol. The first-order valence-electron chi connectivity index (χ1n) is 3.94. The van der Waals surface area contributed by atoms with Crippen LogP contribution in [0.1, 0.15) is 12.2 Å². The molecule has 1 aromatic rings. The van der Waals surface area contributed by atoms with Crippen LogP contribution in [-0.4, -0.2) is 23.2 Å². The molecule has 1 heterocycles. The zero-order chi connectivity index (χ0) is 10.1. The molecule has 74 valence electrons. The number of aryl methyl sites for hydroxylation is 2. The first kappa shape index (κ1) is 11.6. The Balaban J connectivity index is 0.000000424. The Kier molecular flexibility index (Phi) is 6.53. The summed E-state index contributed by atoms with van der Waals surface area (Å²) in [5, 5.41) is 16.8. The van der Waals surface area contributed by atoms with Crippen LogP contribution in [0.2, 0.25) is 0 Å². The number of hydrogen-bond acceptors (Lipinski definition) is 3. The standard InChI is InChI=1S/C7H12N2O.CH2O2/c1-9-5-4-8-7(9)3-2-6-10;2-1-3/h4-5,10H,2-3,6H2,1H3;1H,(H,2,3).